The van der Waals surface area contributed by atoms with Crippen LogP contribution in [-0.2, 0) is 4.79 Å². The van der Waals surface area contributed by atoms with Gasteiger partial charge >= 0.3 is 5.97 Å². The zero-order valence-corrected chi connectivity index (χ0v) is 10.8. The Hall–Kier alpha value is -2.81. The predicted molar refractivity (Wildman–Crippen MR) is 78.8 cm³/mol. The Morgan fingerprint density at radius 2 is 1.45 bits per heavy atom. The summed E-state index contributed by atoms with van der Waals surface area (Å²) in [4.78, 5) is 11.1. The molecule has 20 heavy (non-hydrogen) atoms. The topological polar surface area (TPSA) is 48.2 Å². The Balaban J connectivity index is 1.77. The van der Waals surface area contributed by atoms with E-state index in [1.165, 1.54) is 11.3 Å². The smallest absolute Gasteiger partial charge is 0.335 e. The zero-order chi connectivity index (χ0) is 13.9. The normalized spacial score (nSPS) is 12.1. The van der Waals surface area contributed by atoms with Gasteiger partial charge in [-0.2, -0.15) is 0 Å². The summed E-state index contributed by atoms with van der Waals surface area (Å²) < 4.78 is 5.04. The molecule has 0 saturated heterocycles. The molecule has 0 amide bonds. The number of hydrogen-bond acceptors (Lipinski definition) is 3. The maximum absolute atomic E-state index is 11.1. The molecule has 3 heteroatoms. The van der Waals surface area contributed by atoms with Crippen molar-refractivity contribution in [1.29, 1.82) is 0 Å². The molecule has 0 fully saturated rings. The highest BCUT2D eigenvalue weighted by Crippen LogP contribution is 2.25. The van der Waals surface area contributed by atoms with Crippen LogP contribution < -0.4 is 10.1 Å². The van der Waals surface area contributed by atoms with Crippen LogP contribution in [0, 0.1) is 0 Å². The summed E-state index contributed by atoms with van der Waals surface area (Å²) in [6.45, 7) is 3.37. The summed E-state index contributed by atoms with van der Waals surface area (Å²) in [6, 6.07) is 15.7. The van der Waals surface area contributed by atoms with Crippen LogP contribution >= 0.6 is 0 Å². The van der Waals surface area contributed by atoms with E-state index in [1.54, 1.807) is 12.1 Å². The minimum atomic E-state index is -0.452. The number of carbonyl (C=O) groups excluding carboxylic acids is 1. The second-order valence-corrected chi connectivity index (χ2v) is 4.43. The highest BCUT2D eigenvalue weighted by Gasteiger charge is 2.09. The SMILES string of the molecule is C=CC(=O)Oc1ccc(-c2ccc(C3=CN3)cc2)cc1. The number of esters is 1. The van der Waals surface area contributed by atoms with Gasteiger partial charge in [0.05, 0.1) is 5.70 Å². The third-order valence-electron chi connectivity index (χ3n) is 3.06. The first-order valence-corrected chi connectivity index (χ1v) is 6.28. The number of carbonyl (C=O) groups is 1. The number of rotatable bonds is 4. The van der Waals surface area contributed by atoms with Crippen LogP contribution in [0.4, 0.5) is 0 Å². The molecule has 1 heterocycles. The Kier molecular flexibility index (Phi) is 3.09. The molecule has 1 aliphatic heterocycles. The van der Waals surface area contributed by atoms with Crippen molar-refractivity contribution in [2.24, 2.45) is 0 Å². The van der Waals surface area contributed by atoms with Crippen molar-refractivity contribution in [1.82, 2.24) is 5.32 Å². The molecule has 2 aromatic rings. The zero-order valence-electron chi connectivity index (χ0n) is 10.8. The summed E-state index contributed by atoms with van der Waals surface area (Å²) in [5.41, 5.74) is 4.55. The lowest BCUT2D eigenvalue weighted by molar-refractivity contribution is -0.128. The van der Waals surface area contributed by atoms with Crippen LogP contribution in [-0.4, -0.2) is 5.97 Å². The summed E-state index contributed by atoms with van der Waals surface area (Å²) in [5.74, 6) is 0.0647. The van der Waals surface area contributed by atoms with Crippen LogP contribution in [0.1, 0.15) is 5.56 Å². The first-order chi connectivity index (χ1) is 9.76. The van der Waals surface area contributed by atoms with Crippen molar-refractivity contribution in [3.63, 3.8) is 0 Å². The fourth-order valence-corrected chi connectivity index (χ4v) is 1.92. The molecule has 1 aliphatic rings. The number of benzene rings is 2. The van der Waals surface area contributed by atoms with Gasteiger partial charge in [-0.15, -0.1) is 0 Å². The molecule has 1 N–H and O–H groups in total. The molecular formula is C17H13NO2. The molecule has 3 nitrogen and oxygen atoms in total. The largest absolute Gasteiger partial charge is 0.423 e. The van der Waals surface area contributed by atoms with Crippen molar-refractivity contribution in [2.45, 2.75) is 0 Å². The summed E-state index contributed by atoms with van der Waals surface area (Å²) in [6.07, 6.45) is 3.12. The molecule has 0 aliphatic carbocycles. The monoisotopic (exact) mass is 263 g/mol. The number of ether oxygens (including phenoxy) is 1. The molecule has 0 atom stereocenters. The van der Waals surface area contributed by atoms with Gasteiger partial charge in [0.2, 0.25) is 0 Å². The van der Waals surface area contributed by atoms with Crippen LogP contribution in [0.2, 0.25) is 0 Å². The fraction of sp³-hybridized carbons (Fsp3) is 0. The number of nitrogens with one attached hydrogen (secondary N) is 1. The Morgan fingerprint density at radius 3 is 1.95 bits per heavy atom. The van der Waals surface area contributed by atoms with E-state index in [9.17, 15) is 4.79 Å². The Bertz CT molecular complexity index is 682. The average Bonchev–Trinajstić information content (AvgIpc) is 3.33. The van der Waals surface area contributed by atoms with Crippen molar-refractivity contribution in [3.8, 4) is 16.9 Å². The van der Waals surface area contributed by atoms with E-state index in [0.29, 0.717) is 5.75 Å². The molecule has 0 unspecified atom stereocenters. The van der Waals surface area contributed by atoms with Gasteiger partial charge in [0, 0.05) is 12.3 Å². The molecule has 98 valence electrons. The third kappa shape index (κ3) is 2.62. The molecule has 0 spiro atoms. The summed E-state index contributed by atoms with van der Waals surface area (Å²) >= 11 is 0. The van der Waals surface area contributed by atoms with E-state index in [4.69, 9.17) is 4.74 Å². The van der Waals surface area contributed by atoms with Crippen LogP contribution in [0.25, 0.3) is 16.8 Å². The van der Waals surface area contributed by atoms with Crippen molar-refractivity contribution in [2.75, 3.05) is 0 Å². The minimum absolute atomic E-state index is 0.452. The van der Waals surface area contributed by atoms with E-state index >= 15 is 0 Å². The molecule has 0 saturated carbocycles. The highest BCUT2D eigenvalue weighted by atomic mass is 16.5. The van der Waals surface area contributed by atoms with Crippen LogP contribution in [0.5, 0.6) is 5.75 Å². The minimum Gasteiger partial charge on any atom is -0.423 e. The van der Waals surface area contributed by atoms with Crippen LogP contribution in [0.15, 0.2) is 67.4 Å². The molecule has 2 aromatic carbocycles. The van der Waals surface area contributed by atoms with Crippen molar-refractivity contribution in [3.05, 3.63) is 72.9 Å². The standard InChI is InChI=1S/C17H13NO2/c1-2-17(19)20-15-9-7-13(8-10-15)12-3-5-14(6-4-12)16-11-18-16/h2-11,18H,1H2. The second-order valence-electron chi connectivity index (χ2n) is 4.43. The van der Waals surface area contributed by atoms with Crippen molar-refractivity contribution < 1.29 is 9.53 Å². The van der Waals surface area contributed by atoms with Crippen molar-refractivity contribution >= 4 is 11.7 Å². The van der Waals surface area contributed by atoms with Gasteiger partial charge in [0.25, 0.3) is 0 Å². The lowest BCUT2D eigenvalue weighted by atomic mass is 10.0. The molecule has 0 aromatic heterocycles. The van der Waals surface area contributed by atoms with Gasteiger partial charge in [-0.05, 0) is 28.8 Å². The molecular weight excluding hydrogens is 250 g/mol. The molecule has 0 bridgehead atoms. The van der Waals surface area contributed by atoms with Gasteiger partial charge in [0.1, 0.15) is 5.75 Å². The van der Waals surface area contributed by atoms with Gasteiger partial charge in [0.15, 0.2) is 0 Å². The highest BCUT2D eigenvalue weighted by molar-refractivity contribution is 5.83. The summed E-state index contributed by atoms with van der Waals surface area (Å²) in [7, 11) is 0. The fourth-order valence-electron chi connectivity index (χ4n) is 1.92. The summed E-state index contributed by atoms with van der Waals surface area (Å²) in [5, 5.41) is 3.08. The Labute approximate surface area is 117 Å². The second kappa shape index (κ2) is 5.05. The van der Waals surface area contributed by atoms with Gasteiger partial charge in [-0.3, -0.25) is 0 Å². The maximum Gasteiger partial charge on any atom is 0.335 e. The lowest BCUT2D eigenvalue weighted by Crippen LogP contribution is -2.02. The average molecular weight is 263 g/mol. The maximum atomic E-state index is 11.1. The van der Waals surface area contributed by atoms with E-state index < -0.39 is 5.97 Å². The lowest BCUT2D eigenvalue weighted by Gasteiger charge is -2.05. The van der Waals surface area contributed by atoms with E-state index in [1.807, 2.05) is 18.3 Å². The van der Waals surface area contributed by atoms with Gasteiger partial charge < -0.3 is 10.1 Å². The molecule has 0 radical (unpaired) electrons. The van der Waals surface area contributed by atoms with E-state index in [2.05, 4.69) is 36.2 Å². The first kappa shape index (κ1) is 12.2. The van der Waals surface area contributed by atoms with E-state index in [0.717, 1.165) is 17.2 Å². The van der Waals surface area contributed by atoms with Gasteiger partial charge in [-0.25, -0.2) is 4.79 Å². The molecule has 3 rings (SSSR count). The van der Waals surface area contributed by atoms with E-state index in [-0.39, 0.29) is 0 Å². The first-order valence-electron chi connectivity index (χ1n) is 6.28. The van der Waals surface area contributed by atoms with Crippen LogP contribution in [0.3, 0.4) is 0 Å². The Morgan fingerprint density at radius 1 is 0.950 bits per heavy atom. The predicted octanol–water partition coefficient (Wildman–Crippen LogP) is 3.35. The quantitative estimate of drug-likeness (QED) is 0.523. The number of hydrogen-bond donors (Lipinski definition) is 1. The van der Waals surface area contributed by atoms with Gasteiger partial charge in [-0.1, -0.05) is 43.0 Å². The third-order valence-corrected chi connectivity index (χ3v) is 3.06.